The molecule has 1 unspecified atom stereocenters. The standard InChI is InChI=1S/C12H16N4O/c1-2-16-12(14-9-15-16)8-11(17)7-10-3-5-13-6-4-10/h3-6,9,11,17H,2,7-8H2,1H3. The van der Waals surface area contributed by atoms with Gasteiger partial charge in [0.2, 0.25) is 0 Å². The van der Waals surface area contributed by atoms with Crippen molar-refractivity contribution in [2.75, 3.05) is 0 Å². The number of nitrogens with zero attached hydrogens (tertiary/aromatic N) is 4. The van der Waals surface area contributed by atoms with Crippen molar-refractivity contribution in [1.29, 1.82) is 0 Å². The molecule has 0 saturated carbocycles. The molecule has 5 heteroatoms. The van der Waals surface area contributed by atoms with Crippen molar-refractivity contribution in [1.82, 2.24) is 19.7 Å². The summed E-state index contributed by atoms with van der Waals surface area (Å²) in [6, 6.07) is 3.82. The Morgan fingerprint density at radius 3 is 2.76 bits per heavy atom. The van der Waals surface area contributed by atoms with Crippen LogP contribution < -0.4 is 0 Å². The number of aryl methyl sites for hydroxylation is 1. The van der Waals surface area contributed by atoms with Crippen LogP contribution in [0.2, 0.25) is 0 Å². The van der Waals surface area contributed by atoms with Gasteiger partial charge < -0.3 is 5.11 Å². The van der Waals surface area contributed by atoms with Crippen molar-refractivity contribution in [3.8, 4) is 0 Å². The predicted molar refractivity (Wildman–Crippen MR) is 63.3 cm³/mol. The lowest BCUT2D eigenvalue weighted by Crippen LogP contribution is -2.17. The molecule has 17 heavy (non-hydrogen) atoms. The zero-order chi connectivity index (χ0) is 12.1. The van der Waals surface area contributed by atoms with E-state index in [1.165, 1.54) is 6.33 Å². The van der Waals surface area contributed by atoms with Gasteiger partial charge in [-0.3, -0.25) is 9.67 Å². The maximum atomic E-state index is 9.99. The number of aromatic nitrogens is 4. The van der Waals surface area contributed by atoms with Gasteiger partial charge in [-0.2, -0.15) is 5.10 Å². The van der Waals surface area contributed by atoms with E-state index in [9.17, 15) is 5.11 Å². The molecule has 5 nitrogen and oxygen atoms in total. The molecule has 0 radical (unpaired) electrons. The first-order valence-electron chi connectivity index (χ1n) is 5.73. The smallest absolute Gasteiger partial charge is 0.138 e. The Morgan fingerprint density at radius 1 is 1.29 bits per heavy atom. The first-order chi connectivity index (χ1) is 8.29. The summed E-state index contributed by atoms with van der Waals surface area (Å²) in [6.45, 7) is 2.78. The molecule has 0 aromatic carbocycles. The summed E-state index contributed by atoms with van der Waals surface area (Å²) in [6.07, 6.45) is 5.69. The van der Waals surface area contributed by atoms with Crippen LogP contribution in [-0.2, 0) is 19.4 Å². The Balaban J connectivity index is 1.96. The average Bonchev–Trinajstić information content (AvgIpc) is 2.77. The van der Waals surface area contributed by atoms with E-state index in [-0.39, 0.29) is 0 Å². The molecule has 0 saturated heterocycles. The summed E-state index contributed by atoms with van der Waals surface area (Å²) < 4.78 is 1.80. The van der Waals surface area contributed by atoms with Gasteiger partial charge in [0.1, 0.15) is 12.2 Å². The summed E-state index contributed by atoms with van der Waals surface area (Å²) in [5, 5.41) is 14.1. The van der Waals surface area contributed by atoms with Gasteiger partial charge in [-0.1, -0.05) is 0 Å². The monoisotopic (exact) mass is 232 g/mol. The predicted octanol–water partition coefficient (Wildman–Crippen LogP) is 0.839. The van der Waals surface area contributed by atoms with E-state index in [0.29, 0.717) is 12.8 Å². The number of pyridine rings is 1. The second-order valence-electron chi connectivity index (χ2n) is 3.91. The maximum Gasteiger partial charge on any atom is 0.138 e. The maximum absolute atomic E-state index is 9.99. The van der Waals surface area contributed by atoms with Crippen molar-refractivity contribution in [3.05, 3.63) is 42.2 Å². The second kappa shape index (κ2) is 5.54. The molecular formula is C12H16N4O. The Bertz CT molecular complexity index is 455. The van der Waals surface area contributed by atoms with Gasteiger partial charge in [0.05, 0.1) is 6.10 Å². The van der Waals surface area contributed by atoms with Gasteiger partial charge in [-0.15, -0.1) is 0 Å². The van der Waals surface area contributed by atoms with E-state index in [1.807, 2.05) is 19.1 Å². The van der Waals surface area contributed by atoms with E-state index < -0.39 is 6.10 Å². The highest BCUT2D eigenvalue weighted by atomic mass is 16.3. The van der Waals surface area contributed by atoms with Crippen LogP contribution in [0, 0.1) is 0 Å². The minimum Gasteiger partial charge on any atom is -0.392 e. The van der Waals surface area contributed by atoms with E-state index >= 15 is 0 Å². The minimum absolute atomic E-state index is 0.438. The largest absolute Gasteiger partial charge is 0.392 e. The molecule has 0 aliphatic heterocycles. The molecule has 0 amide bonds. The Hall–Kier alpha value is -1.75. The van der Waals surface area contributed by atoms with Gasteiger partial charge in [-0.05, 0) is 31.0 Å². The zero-order valence-corrected chi connectivity index (χ0v) is 9.82. The van der Waals surface area contributed by atoms with Gasteiger partial charge in [0.25, 0.3) is 0 Å². The summed E-state index contributed by atoms with van der Waals surface area (Å²) in [4.78, 5) is 8.10. The molecule has 0 fully saturated rings. The van der Waals surface area contributed by atoms with Crippen LogP contribution >= 0.6 is 0 Å². The molecule has 0 aliphatic carbocycles. The SMILES string of the molecule is CCn1ncnc1CC(O)Cc1ccncc1. The highest BCUT2D eigenvalue weighted by molar-refractivity contribution is 5.11. The molecule has 0 aliphatic rings. The molecule has 2 aromatic heterocycles. The highest BCUT2D eigenvalue weighted by Gasteiger charge is 2.11. The summed E-state index contributed by atoms with van der Waals surface area (Å²) >= 11 is 0. The number of aliphatic hydroxyl groups excluding tert-OH is 1. The van der Waals surface area contributed by atoms with Crippen molar-refractivity contribution in [2.24, 2.45) is 0 Å². The zero-order valence-electron chi connectivity index (χ0n) is 9.82. The molecule has 1 atom stereocenters. The molecule has 2 rings (SSSR count). The molecular weight excluding hydrogens is 216 g/mol. The van der Waals surface area contributed by atoms with E-state index in [2.05, 4.69) is 15.1 Å². The van der Waals surface area contributed by atoms with Crippen LogP contribution in [0.25, 0.3) is 0 Å². The van der Waals surface area contributed by atoms with Crippen LogP contribution in [0.4, 0.5) is 0 Å². The number of aliphatic hydroxyl groups is 1. The van der Waals surface area contributed by atoms with Gasteiger partial charge in [0.15, 0.2) is 0 Å². The van der Waals surface area contributed by atoms with Crippen LogP contribution in [0.15, 0.2) is 30.9 Å². The van der Waals surface area contributed by atoms with E-state index in [4.69, 9.17) is 0 Å². The van der Waals surface area contributed by atoms with Crippen molar-refractivity contribution < 1.29 is 5.11 Å². The van der Waals surface area contributed by atoms with Crippen LogP contribution in [0.3, 0.4) is 0 Å². The fourth-order valence-electron chi connectivity index (χ4n) is 1.78. The number of hydrogen-bond acceptors (Lipinski definition) is 4. The molecule has 0 bridgehead atoms. The lowest BCUT2D eigenvalue weighted by Gasteiger charge is -2.10. The Morgan fingerprint density at radius 2 is 2.06 bits per heavy atom. The Labute approximate surface area is 100 Å². The third kappa shape index (κ3) is 3.10. The average molecular weight is 232 g/mol. The lowest BCUT2D eigenvalue weighted by molar-refractivity contribution is 0.171. The lowest BCUT2D eigenvalue weighted by atomic mass is 10.1. The third-order valence-electron chi connectivity index (χ3n) is 2.63. The fourth-order valence-corrected chi connectivity index (χ4v) is 1.78. The van der Waals surface area contributed by atoms with Crippen molar-refractivity contribution >= 4 is 0 Å². The first-order valence-corrected chi connectivity index (χ1v) is 5.73. The van der Waals surface area contributed by atoms with Gasteiger partial charge in [0, 0.05) is 25.4 Å². The van der Waals surface area contributed by atoms with Crippen LogP contribution in [0.5, 0.6) is 0 Å². The fraction of sp³-hybridized carbons (Fsp3) is 0.417. The van der Waals surface area contributed by atoms with Crippen LogP contribution in [-0.4, -0.2) is 31.0 Å². The number of rotatable bonds is 5. The highest BCUT2D eigenvalue weighted by Crippen LogP contribution is 2.06. The number of hydrogen-bond donors (Lipinski definition) is 1. The quantitative estimate of drug-likeness (QED) is 0.829. The van der Waals surface area contributed by atoms with E-state index in [1.54, 1.807) is 17.1 Å². The summed E-state index contributed by atoms with van der Waals surface area (Å²) in [5.41, 5.74) is 1.08. The van der Waals surface area contributed by atoms with Crippen LogP contribution in [0.1, 0.15) is 18.3 Å². The summed E-state index contributed by atoms with van der Waals surface area (Å²) in [5.74, 6) is 0.828. The van der Waals surface area contributed by atoms with Gasteiger partial charge in [-0.25, -0.2) is 4.98 Å². The molecule has 2 aromatic rings. The topological polar surface area (TPSA) is 63.8 Å². The van der Waals surface area contributed by atoms with Gasteiger partial charge >= 0.3 is 0 Å². The first kappa shape index (κ1) is 11.7. The minimum atomic E-state index is -0.438. The molecule has 2 heterocycles. The summed E-state index contributed by atoms with van der Waals surface area (Å²) in [7, 11) is 0. The molecule has 1 N–H and O–H groups in total. The molecule has 0 spiro atoms. The normalized spacial score (nSPS) is 12.6. The van der Waals surface area contributed by atoms with E-state index in [0.717, 1.165) is 17.9 Å². The molecule has 90 valence electrons. The second-order valence-corrected chi connectivity index (χ2v) is 3.91. The van der Waals surface area contributed by atoms with Crippen molar-refractivity contribution in [2.45, 2.75) is 32.4 Å². The van der Waals surface area contributed by atoms with Crippen molar-refractivity contribution in [3.63, 3.8) is 0 Å². The Kier molecular flexibility index (Phi) is 3.82. The third-order valence-corrected chi connectivity index (χ3v) is 2.63.